The normalized spacial score (nSPS) is 14.4. The van der Waals surface area contributed by atoms with E-state index in [-0.39, 0.29) is 0 Å². The van der Waals surface area contributed by atoms with Gasteiger partial charge in [-0.3, -0.25) is 0 Å². The number of hydrogen-bond donors (Lipinski definition) is 2. The first kappa shape index (κ1) is 15.2. The molecule has 3 nitrogen and oxygen atoms in total. The summed E-state index contributed by atoms with van der Waals surface area (Å²) in [5, 5.41) is 3.61. The van der Waals surface area contributed by atoms with Gasteiger partial charge in [-0.1, -0.05) is 29.8 Å². The Morgan fingerprint density at radius 1 is 1.28 bits per heavy atom. The van der Waals surface area contributed by atoms with Gasteiger partial charge in [0.2, 0.25) is 0 Å². The van der Waals surface area contributed by atoms with Crippen LogP contribution in [0.15, 0.2) is 24.3 Å². The van der Waals surface area contributed by atoms with Gasteiger partial charge in [-0.2, -0.15) is 0 Å². The van der Waals surface area contributed by atoms with Gasteiger partial charge >= 0.3 is 0 Å². The molecule has 0 bridgehead atoms. The van der Waals surface area contributed by atoms with Crippen LogP contribution in [0, 0.1) is 6.92 Å². The third-order valence-electron chi connectivity index (χ3n) is 3.19. The van der Waals surface area contributed by atoms with E-state index in [9.17, 15) is 0 Å². The summed E-state index contributed by atoms with van der Waals surface area (Å²) >= 11 is 0. The number of aryl methyl sites for hydroxylation is 1. The molecule has 1 aromatic rings. The molecule has 0 aromatic heterocycles. The van der Waals surface area contributed by atoms with Gasteiger partial charge in [-0.05, 0) is 38.8 Å². The van der Waals surface area contributed by atoms with Gasteiger partial charge < -0.3 is 15.8 Å². The monoisotopic (exact) mass is 250 g/mol. The highest BCUT2D eigenvalue weighted by Crippen LogP contribution is 2.14. The van der Waals surface area contributed by atoms with Crippen molar-refractivity contribution in [3.05, 3.63) is 35.4 Å². The highest BCUT2D eigenvalue weighted by Gasteiger charge is 2.12. The molecule has 102 valence electrons. The zero-order valence-electron chi connectivity index (χ0n) is 11.8. The van der Waals surface area contributed by atoms with Crippen LogP contribution in [0.3, 0.4) is 0 Å². The predicted octanol–water partition coefficient (Wildman–Crippen LogP) is 2.40. The summed E-state index contributed by atoms with van der Waals surface area (Å²) in [6.07, 6.45) is 2.09. The largest absolute Gasteiger partial charge is 0.383 e. The standard InChI is InChI=1S/C15H26N2O/c1-12-6-8-14(9-7-12)13(2)17-15(11-18-3)5-4-10-16/h6-9,13,15,17H,4-5,10-11,16H2,1-3H3/t13-,15?/m0/s1. The van der Waals surface area contributed by atoms with Crippen molar-refractivity contribution in [2.75, 3.05) is 20.3 Å². The molecule has 0 saturated heterocycles. The molecule has 0 spiro atoms. The molecular formula is C15H26N2O. The van der Waals surface area contributed by atoms with Crippen LogP contribution in [0.2, 0.25) is 0 Å². The molecule has 0 heterocycles. The SMILES string of the molecule is COCC(CCCN)N[C@@H](C)c1ccc(C)cc1. The zero-order chi connectivity index (χ0) is 13.4. The fraction of sp³-hybridized carbons (Fsp3) is 0.600. The first-order valence-corrected chi connectivity index (χ1v) is 6.69. The quantitative estimate of drug-likeness (QED) is 0.745. The Balaban J connectivity index is 2.53. The summed E-state index contributed by atoms with van der Waals surface area (Å²) in [5.41, 5.74) is 8.17. The van der Waals surface area contributed by atoms with E-state index < -0.39 is 0 Å². The third-order valence-corrected chi connectivity index (χ3v) is 3.19. The number of nitrogens with one attached hydrogen (secondary N) is 1. The van der Waals surface area contributed by atoms with Crippen LogP contribution in [0.1, 0.15) is 36.9 Å². The first-order chi connectivity index (χ1) is 8.67. The molecular weight excluding hydrogens is 224 g/mol. The molecule has 1 aromatic carbocycles. The maximum Gasteiger partial charge on any atom is 0.0616 e. The Kier molecular flexibility index (Phi) is 6.94. The van der Waals surface area contributed by atoms with Crippen molar-refractivity contribution in [2.45, 2.75) is 38.8 Å². The lowest BCUT2D eigenvalue weighted by Crippen LogP contribution is -2.35. The van der Waals surface area contributed by atoms with Crippen molar-refractivity contribution in [3.63, 3.8) is 0 Å². The first-order valence-electron chi connectivity index (χ1n) is 6.69. The van der Waals surface area contributed by atoms with Crippen molar-refractivity contribution in [1.82, 2.24) is 5.32 Å². The van der Waals surface area contributed by atoms with Crippen LogP contribution >= 0.6 is 0 Å². The fourth-order valence-electron chi connectivity index (χ4n) is 2.09. The lowest BCUT2D eigenvalue weighted by Gasteiger charge is -2.23. The number of benzene rings is 1. The van der Waals surface area contributed by atoms with Crippen molar-refractivity contribution < 1.29 is 4.74 Å². The van der Waals surface area contributed by atoms with E-state index in [0.29, 0.717) is 12.1 Å². The second-order valence-corrected chi connectivity index (χ2v) is 4.88. The van der Waals surface area contributed by atoms with E-state index in [1.165, 1.54) is 11.1 Å². The van der Waals surface area contributed by atoms with E-state index in [1.807, 2.05) is 0 Å². The lowest BCUT2D eigenvalue weighted by molar-refractivity contribution is 0.156. The molecule has 0 aliphatic heterocycles. The molecule has 0 aliphatic rings. The van der Waals surface area contributed by atoms with E-state index >= 15 is 0 Å². The molecule has 0 saturated carbocycles. The average Bonchev–Trinajstić information content (AvgIpc) is 2.37. The molecule has 1 unspecified atom stereocenters. The number of ether oxygens (including phenoxy) is 1. The van der Waals surface area contributed by atoms with Crippen molar-refractivity contribution in [2.24, 2.45) is 5.73 Å². The minimum atomic E-state index is 0.337. The summed E-state index contributed by atoms with van der Waals surface area (Å²) in [5.74, 6) is 0. The second-order valence-electron chi connectivity index (χ2n) is 4.88. The van der Waals surface area contributed by atoms with Crippen molar-refractivity contribution >= 4 is 0 Å². The minimum absolute atomic E-state index is 0.337. The Hall–Kier alpha value is -0.900. The maximum absolute atomic E-state index is 5.56. The zero-order valence-corrected chi connectivity index (χ0v) is 11.8. The summed E-state index contributed by atoms with van der Waals surface area (Å²) in [7, 11) is 1.74. The van der Waals surface area contributed by atoms with E-state index in [4.69, 9.17) is 10.5 Å². The molecule has 0 aliphatic carbocycles. The average molecular weight is 250 g/mol. The molecule has 0 amide bonds. The topological polar surface area (TPSA) is 47.3 Å². The van der Waals surface area contributed by atoms with Crippen LogP contribution in [0.25, 0.3) is 0 Å². The highest BCUT2D eigenvalue weighted by molar-refractivity contribution is 5.23. The summed E-state index contributed by atoms with van der Waals surface area (Å²) in [6, 6.07) is 9.37. The number of nitrogens with two attached hydrogens (primary N) is 1. The summed E-state index contributed by atoms with van der Waals surface area (Å²) in [6.45, 7) is 5.77. The molecule has 0 fully saturated rings. The molecule has 2 atom stereocenters. The van der Waals surface area contributed by atoms with Crippen LogP contribution in [0.5, 0.6) is 0 Å². The third kappa shape index (κ3) is 5.17. The summed E-state index contributed by atoms with van der Waals surface area (Å²) < 4.78 is 5.25. The Morgan fingerprint density at radius 3 is 2.50 bits per heavy atom. The number of rotatable bonds is 8. The van der Waals surface area contributed by atoms with Gasteiger partial charge in [0.15, 0.2) is 0 Å². The van der Waals surface area contributed by atoms with Gasteiger partial charge in [-0.15, -0.1) is 0 Å². The second kappa shape index (κ2) is 8.25. The van der Waals surface area contributed by atoms with Gasteiger partial charge in [-0.25, -0.2) is 0 Å². The van der Waals surface area contributed by atoms with Gasteiger partial charge in [0.25, 0.3) is 0 Å². The molecule has 0 radical (unpaired) electrons. The summed E-state index contributed by atoms with van der Waals surface area (Å²) in [4.78, 5) is 0. The van der Waals surface area contributed by atoms with Gasteiger partial charge in [0, 0.05) is 19.2 Å². The Labute approximate surface area is 111 Å². The number of hydrogen-bond acceptors (Lipinski definition) is 3. The van der Waals surface area contributed by atoms with Crippen LogP contribution in [-0.4, -0.2) is 26.3 Å². The lowest BCUT2D eigenvalue weighted by atomic mass is 10.0. The van der Waals surface area contributed by atoms with Gasteiger partial charge in [0.05, 0.1) is 6.61 Å². The fourth-order valence-corrected chi connectivity index (χ4v) is 2.09. The van der Waals surface area contributed by atoms with E-state index in [1.54, 1.807) is 7.11 Å². The van der Waals surface area contributed by atoms with Crippen molar-refractivity contribution in [3.8, 4) is 0 Å². The minimum Gasteiger partial charge on any atom is -0.383 e. The van der Waals surface area contributed by atoms with Crippen LogP contribution in [0.4, 0.5) is 0 Å². The van der Waals surface area contributed by atoms with Crippen LogP contribution < -0.4 is 11.1 Å². The molecule has 18 heavy (non-hydrogen) atoms. The number of methoxy groups -OCH3 is 1. The smallest absolute Gasteiger partial charge is 0.0616 e. The van der Waals surface area contributed by atoms with Crippen molar-refractivity contribution in [1.29, 1.82) is 0 Å². The molecule has 3 N–H and O–H groups in total. The Bertz CT molecular complexity index is 324. The van der Waals surface area contributed by atoms with E-state index in [2.05, 4.69) is 43.4 Å². The van der Waals surface area contributed by atoms with Gasteiger partial charge in [0.1, 0.15) is 0 Å². The van der Waals surface area contributed by atoms with E-state index in [0.717, 1.165) is 26.0 Å². The van der Waals surface area contributed by atoms with Crippen LogP contribution in [-0.2, 0) is 4.74 Å². The predicted molar refractivity (Wildman–Crippen MR) is 76.7 cm³/mol. The maximum atomic E-state index is 5.56. The molecule has 3 heteroatoms. The molecule has 1 rings (SSSR count). The highest BCUT2D eigenvalue weighted by atomic mass is 16.5. The Morgan fingerprint density at radius 2 is 1.94 bits per heavy atom.